The van der Waals surface area contributed by atoms with Gasteiger partial charge in [-0.05, 0) is 79.9 Å². The Labute approximate surface area is 231 Å². The highest BCUT2D eigenvalue weighted by Gasteiger charge is 2.17. The van der Waals surface area contributed by atoms with Crippen LogP contribution in [0.4, 0.5) is 0 Å². The van der Waals surface area contributed by atoms with Gasteiger partial charge in [0, 0.05) is 14.5 Å². The molecule has 34 heavy (non-hydrogen) atoms. The van der Waals surface area contributed by atoms with Crippen molar-refractivity contribution in [2.45, 2.75) is 6.61 Å². The lowest BCUT2D eigenvalue weighted by Gasteiger charge is -2.15. The quantitative estimate of drug-likeness (QED) is 0.187. The summed E-state index contributed by atoms with van der Waals surface area (Å²) in [6, 6.07) is 14.2. The van der Waals surface area contributed by atoms with Gasteiger partial charge in [-0.1, -0.05) is 45.2 Å². The summed E-state index contributed by atoms with van der Waals surface area (Å²) in [5, 5.41) is 4.92. The number of ether oxygens (including phenoxy) is 3. The van der Waals surface area contributed by atoms with Crippen LogP contribution >= 0.6 is 71.0 Å². The Morgan fingerprint density at radius 1 is 1.00 bits per heavy atom. The maximum Gasteiger partial charge on any atom is 0.277 e. The number of halogens is 5. The summed E-state index contributed by atoms with van der Waals surface area (Å²) in [6.07, 6.45) is 1.48. The van der Waals surface area contributed by atoms with Crippen LogP contribution in [0.5, 0.6) is 17.2 Å². The van der Waals surface area contributed by atoms with Crippen LogP contribution in [0.25, 0.3) is 0 Å². The molecule has 0 aliphatic heterocycles. The molecule has 0 unspecified atom stereocenters. The Bertz CT molecular complexity index is 1210. The zero-order valence-electron chi connectivity index (χ0n) is 17.6. The lowest BCUT2D eigenvalue weighted by atomic mass is 10.2. The number of amides is 1. The smallest absolute Gasteiger partial charge is 0.277 e. The van der Waals surface area contributed by atoms with Crippen molar-refractivity contribution in [2.75, 3.05) is 13.7 Å². The largest absolute Gasteiger partial charge is 0.493 e. The second kappa shape index (κ2) is 12.8. The molecule has 0 saturated heterocycles. The van der Waals surface area contributed by atoms with Crippen LogP contribution in [0.15, 0.2) is 67.1 Å². The van der Waals surface area contributed by atoms with E-state index >= 15 is 0 Å². The number of nitrogens with zero attached hydrogens (tertiary/aromatic N) is 1. The molecule has 1 amide bonds. The van der Waals surface area contributed by atoms with Gasteiger partial charge in [-0.15, -0.1) is 0 Å². The fourth-order valence-electron chi connectivity index (χ4n) is 2.66. The van der Waals surface area contributed by atoms with Gasteiger partial charge < -0.3 is 14.2 Å². The van der Waals surface area contributed by atoms with E-state index in [1.54, 1.807) is 30.3 Å². The molecule has 0 atom stereocenters. The summed E-state index contributed by atoms with van der Waals surface area (Å²) in [5.41, 5.74) is 3.93. The van der Waals surface area contributed by atoms with Crippen LogP contribution < -0.4 is 19.6 Å². The normalized spacial score (nSPS) is 10.9. The van der Waals surface area contributed by atoms with Crippen molar-refractivity contribution in [3.8, 4) is 17.2 Å². The molecule has 0 radical (unpaired) electrons. The number of hydrazone groups is 1. The van der Waals surface area contributed by atoms with Crippen LogP contribution in [0.2, 0.25) is 10.0 Å². The van der Waals surface area contributed by atoms with Gasteiger partial charge in [0.2, 0.25) is 0 Å². The van der Waals surface area contributed by atoms with E-state index in [1.807, 2.05) is 18.2 Å². The van der Waals surface area contributed by atoms with E-state index in [0.717, 1.165) is 10.0 Å². The lowest BCUT2D eigenvalue weighted by molar-refractivity contribution is -0.123. The molecule has 0 spiro atoms. The summed E-state index contributed by atoms with van der Waals surface area (Å²) in [4.78, 5) is 12.0. The van der Waals surface area contributed by atoms with Gasteiger partial charge in [-0.25, -0.2) is 5.43 Å². The predicted molar refractivity (Wildman–Crippen MR) is 145 cm³/mol. The molecule has 0 saturated carbocycles. The van der Waals surface area contributed by atoms with Gasteiger partial charge in [0.25, 0.3) is 5.91 Å². The maximum atomic E-state index is 12.0. The Kier molecular flexibility index (Phi) is 10.1. The number of benzene rings is 3. The van der Waals surface area contributed by atoms with Gasteiger partial charge in [0.15, 0.2) is 18.1 Å². The lowest BCUT2D eigenvalue weighted by Crippen LogP contribution is -2.24. The van der Waals surface area contributed by atoms with Gasteiger partial charge >= 0.3 is 0 Å². The molecule has 3 rings (SSSR count). The highest BCUT2D eigenvalue weighted by Crippen LogP contribution is 2.42. The molecule has 3 aromatic carbocycles. The summed E-state index contributed by atoms with van der Waals surface area (Å²) < 4.78 is 19.1. The maximum absolute atomic E-state index is 12.0. The second-order valence-corrected chi connectivity index (χ2v) is 10.0. The first-order chi connectivity index (χ1) is 16.3. The number of hydrogen-bond donors (Lipinski definition) is 1. The highest BCUT2D eigenvalue weighted by molar-refractivity contribution is 9.13. The standard InChI is InChI=1S/C23H17Br3Cl2N2O4/c1-32-19-9-14(10-29-30-20(31)12-33-16-5-3-15(24)4-6-16)21(25)22(26)23(19)34-11-13-2-7-17(27)18(28)8-13/h2-10H,11-12H2,1H3,(H,30,31)/b29-10-. The topological polar surface area (TPSA) is 69.2 Å². The molecule has 0 aromatic heterocycles. The Balaban J connectivity index is 1.64. The number of nitrogens with one attached hydrogen (secondary N) is 1. The monoisotopic (exact) mass is 692 g/mol. The molecule has 0 aliphatic rings. The van der Waals surface area contributed by atoms with E-state index in [-0.39, 0.29) is 13.2 Å². The summed E-state index contributed by atoms with van der Waals surface area (Å²) in [7, 11) is 1.53. The number of hydrogen-bond acceptors (Lipinski definition) is 5. The van der Waals surface area contributed by atoms with Crippen LogP contribution in [0.1, 0.15) is 11.1 Å². The first-order valence-corrected chi connectivity index (χ1v) is 12.7. The van der Waals surface area contributed by atoms with E-state index in [9.17, 15) is 4.79 Å². The number of rotatable bonds is 9. The molecular formula is C23H17Br3Cl2N2O4. The third kappa shape index (κ3) is 7.36. The fraction of sp³-hybridized carbons (Fsp3) is 0.130. The first kappa shape index (κ1) is 26.8. The highest BCUT2D eigenvalue weighted by atomic mass is 79.9. The molecule has 11 heteroatoms. The minimum absolute atomic E-state index is 0.172. The Morgan fingerprint density at radius 3 is 2.41 bits per heavy atom. The van der Waals surface area contributed by atoms with Gasteiger partial charge in [0.1, 0.15) is 12.4 Å². The first-order valence-electron chi connectivity index (χ1n) is 9.61. The van der Waals surface area contributed by atoms with Gasteiger partial charge in [-0.2, -0.15) is 5.10 Å². The van der Waals surface area contributed by atoms with Crippen molar-refractivity contribution >= 4 is 83.1 Å². The van der Waals surface area contributed by atoms with Crippen molar-refractivity contribution in [3.63, 3.8) is 0 Å². The SMILES string of the molecule is COc1cc(/C=N\NC(=O)COc2ccc(Br)cc2)c(Br)c(Br)c1OCc1ccc(Cl)c(Cl)c1. The van der Waals surface area contributed by atoms with E-state index < -0.39 is 5.91 Å². The Hall–Kier alpha value is -1.78. The summed E-state index contributed by atoms with van der Waals surface area (Å²) in [5.74, 6) is 1.14. The minimum atomic E-state index is -0.400. The average molecular weight is 696 g/mol. The molecule has 178 valence electrons. The molecular weight excluding hydrogens is 679 g/mol. The zero-order valence-corrected chi connectivity index (χ0v) is 23.9. The van der Waals surface area contributed by atoms with E-state index in [1.165, 1.54) is 13.3 Å². The molecule has 0 fully saturated rings. The summed E-state index contributed by atoms with van der Waals surface area (Å²) in [6.45, 7) is 0.0782. The van der Waals surface area contributed by atoms with Gasteiger partial charge in [0.05, 0.1) is 27.8 Å². The van der Waals surface area contributed by atoms with E-state index in [0.29, 0.717) is 41.8 Å². The van der Waals surface area contributed by atoms with Crippen molar-refractivity contribution in [2.24, 2.45) is 5.10 Å². The van der Waals surface area contributed by atoms with Crippen molar-refractivity contribution < 1.29 is 19.0 Å². The van der Waals surface area contributed by atoms with Gasteiger partial charge in [-0.3, -0.25) is 4.79 Å². The summed E-state index contributed by atoms with van der Waals surface area (Å²) >= 11 is 22.4. The van der Waals surface area contributed by atoms with Crippen molar-refractivity contribution in [1.29, 1.82) is 0 Å². The van der Waals surface area contributed by atoms with E-state index in [4.69, 9.17) is 37.4 Å². The molecule has 0 aliphatic carbocycles. The number of methoxy groups -OCH3 is 1. The van der Waals surface area contributed by atoms with Crippen LogP contribution in [-0.4, -0.2) is 25.8 Å². The molecule has 0 bridgehead atoms. The molecule has 6 nitrogen and oxygen atoms in total. The zero-order chi connectivity index (χ0) is 24.7. The van der Waals surface area contributed by atoms with Crippen LogP contribution in [-0.2, 0) is 11.4 Å². The Morgan fingerprint density at radius 2 is 1.74 bits per heavy atom. The second-order valence-electron chi connectivity index (χ2n) is 6.70. The fourth-order valence-corrected chi connectivity index (χ4v) is 4.18. The molecule has 0 heterocycles. The number of carbonyl (C=O) groups excluding carboxylic acids is 1. The molecule has 1 N–H and O–H groups in total. The minimum Gasteiger partial charge on any atom is -0.493 e. The number of carbonyl (C=O) groups is 1. The van der Waals surface area contributed by atoms with Crippen molar-refractivity contribution in [1.82, 2.24) is 5.43 Å². The third-order valence-electron chi connectivity index (χ3n) is 4.32. The third-order valence-corrected chi connectivity index (χ3v) is 7.73. The van der Waals surface area contributed by atoms with Crippen LogP contribution in [0, 0.1) is 0 Å². The van der Waals surface area contributed by atoms with Crippen molar-refractivity contribution in [3.05, 3.63) is 83.1 Å². The molecule has 3 aromatic rings. The van der Waals surface area contributed by atoms with Crippen LogP contribution in [0.3, 0.4) is 0 Å². The average Bonchev–Trinajstić information content (AvgIpc) is 2.82. The predicted octanol–water partition coefficient (Wildman–Crippen LogP) is 7.40. The van der Waals surface area contributed by atoms with E-state index in [2.05, 4.69) is 58.3 Å².